The van der Waals surface area contributed by atoms with Crippen molar-refractivity contribution in [1.82, 2.24) is 15.6 Å². The number of phenolic OH excluding ortho intramolecular Hbond substituents is 1. The monoisotopic (exact) mass is 424 g/mol. The summed E-state index contributed by atoms with van der Waals surface area (Å²) in [6.45, 7) is 0. The first-order valence-electron chi connectivity index (χ1n) is 8.57. The minimum absolute atomic E-state index is 0.0726. The minimum atomic E-state index is -0.479. The lowest BCUT2D eigenvalue weighted by atomic mass is 10.0. The van der Waals surface area contributed by atoms with Gasteiger partial charge in [-0.25, -0.2) is 5.43 Å². The number of fused-ring (bicyclic) bond motifs is 1. The number of carbonyl (C=O) groups excluding carboxylic acids is 1. The number of hydrogen-bond acceptors (Lipinski definition) is 4. The smallest absolute Gasteiger partial charge is 0.289 e. The third-order valence-corrected chi connectivity index (χ3v) is 4.72. The summed E-state index contributed by atoms with van der Waals surface area (Å²) < 4.78 is 0. The maximum absolute atomic E-state index is 12.4. The molecule has 0 aliphatic heterocycles. The summed E-state index contributed by atoms with van der Waals surface area (Å²) in [4.78, 5) is 12.4. The van der Waals surface area contributed by atoms with Gasteiger partial charge in [-0.3, -0.25) is 9.89 Å². The molecule has 3 N–H and O–H groups in total. The molecule has 0 aliphatic rings. The fourth-order valence-electron chi connectivity index (χ4n) is 2.92. The largest absolute Gasteiger partial charge is 0.507 e. The van der Waals surface area contributed by atoms with Gasteiger partial charge in [0.2, 0.25) is 0 Å². The fraction of sp³-hybridized carbons (Fsp3) is 0. The third kappa shape index (κ3) is 4.08. The molecule has 1 heterocycles. The Morgan fingerprint density at radius 2 is 1.83 bits per heavy atom. The molecule has 0 unspecified atom stereocenters. The highest BCUT2D eigenvalue weighted by Gasteiger charge is 2.12. The predicted octanol–water partition coefficient (Wildman–Crippen LogP) is 5.01. The van der Waals surface area contributed by atoms with E-state index in [1.807, 2.05) is 30.3 Å². The van der Waals surface area contributed by atoms with Gasteiger partial charge in [-0.15, -0.1) is 0 Å². The van der Waals surface area contributed by atoms with Crippen molar-refractivity contribution in [2.75, 3.05) is 0 Å². The van der Waals surface area contributed by atoms with E-state index in [1.165, 1.54) is 6.21 Å². The second-order valence-electron chi connectivity index (χ2n) is 6.24. The Morgan fingerprint density at radius 1 is 1.07 bits per heavy atom. The van der Waals surface area contributed by atoms with Crippen LogP contribution in [0.3, 0.4) is 0 Å². The van der Waals surface area contributed by atoms with Gasteiger partial charge in [0.05, 0.1) is 11.9 Å². The van der Waals surface area contributed by atoms with Crippen molar-refractivity contribution >= 4 is 46.1 Å². The lowest BCUT2D eigenvalue weighted by Crippen LogP contribution is -2.18. The molecule has 0 saturated carbocycles. The van der Waals surface area contributed by atoms with Gasteiger partial charge in [0.15, 0.2) is 0 Å². The Morgan fingerprint density at radius 3 is 2.62 bits per heavy atom. The fourth-order valence-corrected chi connectivity index (χ4v) is 3.45. The first-order valence-corrected chi connectivity index (χ1v) is 9.33. The molecule has 0 saturated heterocycles. The SMILES string of the molecule is O=C(N/N=C/c1c(O)ccc2ccccc12)c1cc(-c2cc(Cl)cc(Cl)c2)n[nH]1. The van der Waals surface area contributed by atoms with Gasteiger partial charge in [-0.2, -0.15) is 10.2 Å². The van der Waals surface area contributed by atoms with Crippen LogP contribution in [-0.2, 0) is 0 Å². The molecule has 0 radical (unpaired) electrons. The highest BCUT2D eigenvalue weighted by molar-refractivity contribution is 6.35. The number of hydrogen-bond donors (Lipinski definition) is 3. The molecule has 4 rings (SSSR count). The number of H-pyrrole nitrogens is 1. The molecule has 29 heavy (non-hydrogen) atoms. The number of aromatic hydroxyl groups is 1. The van der Waals surface area contributed by atoms with E-state index in [4.69, 9.17) is 23.2 Å². The molecular formula is C21H14Cl2N4O2. The van der Waals surface area contributed by atoms with Crippen molar-refractivity contribution in [3.05, 3.63) is 82.0 Å². The Bertz CT molecular complexity index is 1230. The number of amides is 1. The summed E-state index contributed by atoms with van der Waals surface area (Å²) in [7, 11) is 0. The molecule has 8 heteroatoms. The predicted molar refractivity (Wildman–Crippen MR) is 115 cm³/mol. The zero-order valence-corrected chi connectivity index (χ0v) is 16.4. The maximum atomic E-state index is 12.4. The van der Waals surface area contributed by atoms with E-state index in [2.05, 4.69) is 20.7 Å². The molecule has 0 aliphatic carbocycles. The summed E-state index contributed by atoms with van der Waals surface area (Å²) in [5.74, 6) is -0.406. The van der Waals surface area contributed by atoms with Crippen molar-refractivity contribution in [2.45, 2.75) is 0 Å². The van der Waals surface area contributed by atoms with E-state index in [1.54, 1.807) is 30.3 Å². The first kappa shape index (κ1) is 19.0. The number of carbonyl (C=O) groups is 1. The lowest BCUT2D eigenvalue weighted by molar-refractivity contribution is 0.0950. The second kappa shape index (κ2) is 7.95. The highest BCUT2D eigenvalue weighted by Crippen LogP contribution is 2.27. The van der Waals surface area contributed by atoms with Gasteiger partial charge in [-0.05, 0) is 41.1 Å². The van der Waals surface area contributed by atoms with E-state index >= 15 is 0 Å². The van der Waals surface area contributed by atoms with Crippen LogP contribution in [0.5, 0.6) is 5.75 Å². The van der Waals surface area contributed by atoms with Crippen LogP contribution in [0.15, 0.2) is 65.8 Å². The normalized spacial score (nSPS) is 11.2. The van der Waals surface area contributed by atoms with Crippen LogP contribution >= 0.6 is 23.2 Å². The van der Waals surface area contributed by atoms with E-state index < -0.39 is 5.91 Å². The topological polar surface area (TPSA) is 90.4 Å². The number of halogens is 2. The Kier molecular flexibility index (Phi) is 5.20. The molecule has 0 fully saturated rings. The van der Waals surface area contributed by atoms with Crippen LogP contribution in [0, 0.1) is 0 Å². The van der Waals surface area contributed by atoms with Crippen LogP contribution in [0.4, 0.5) is 0 Å². The van der Waals surface area contributed by atoms with Gasteiger partial charge in [0.25, 0.3) is 5.91 Å². The van der Waals surface area contributed by atoms with Gasteiger partial charge in [0.1, 0.15) is 11.4 Å². The number of phenols is 1. The summed E-state index contributed by atoms with van der Waals surface area (Å²) in [5.41, 5.74) is 4.36. The Balaban J connectivity index is 1.53. The van der Waals surface area contributed by atoms with E-state index in [-0.39, 0.29) is 11.4 Å². The second-order valence-corrected chi connectivity index (χ2v) is 7.12. The summed E-state index contributed by atoms with van der Waals surface area (Å²) >= 11 is 12.0. The average Bonchev–Trinajstić information content (AvgIpc) is 3.19. The Labute approximate surface area is 175 Å². The number of nitrogens with zero attached hydrogens (tertiary/aromatic N) is 2. The van der Waals surface area contributed by atoms with Crippen molar-refractivity contribution in [3.8, 4) is 17.0 Å². The van der Waals surface area contributed by atoms with Gasteiger partial charge >= 0.3 is 0 Å². The van der Waals surface area contributed by atoms with Crippen molar-refractivity contribution in [1.29, 1.82) is 0 Å². The summed E-state index contributed by atoms with van der Waals surface area (Å²) in [6, 6.07) is 17.6. The van der Waals surface area contributed by atoms with E-state index in [0.29, 0.717) is 26.9 Å². The highest BCUT2D eigenvalue weighted by atomic mass is 35.5. The molecule has 4 aromatic rings. The number of aromatic nitrogens is 2. The Hall–Kier alpha value is -3.35. The minimum Gasteiger partial charge on any atom is -0.507 e. The van der Waals surface area contributed by atoms with Crippen LogP contribution in [-0.4, -0.2) is 27.4 Å². The van der Waals surface area contributed by atoms with E-state index in [0.717, 1.165) is 10.8 Å². The molecule has 3 aromatic carbocycles. The maximum Gasteiger partial charge on any atom is 0.289 e. The number of rotatable bonds is 4. The van der Waals surface area contributed by atoms with Crippen molar-refractivity contribution in [3.63, 3.8) is 0 Å². The van der Waals surface area contributed by atoms with Crippen LogP contribution in [0.2, 0.25) is 10.0 Å². The van der Waals surface area contributed by atoms with Crippen molar-refractivity contribution in [2.24, 2.45) is 5.10 Å². The summed E-state index contributed by atoms with van der Waals surface area (Å²) in [5, 5.41) is 23.6. The molecule has 1 amide bonds. The van der Waals surface area contributed by atoms with Crippen LogP contribution < -0.4 is 5.43 Å². The standard InChI is InChI=1S/C21H14Cl2N4O2/c22-14-7-13(8-15(23)9-14)18-10-19(26-25-18)21(29)27-24-11-17-16-4-2-1-3-12(16)5-6-20(17)28/h1-11,28H,(H,25,26)(H,27,29)/b24-11+. The molecule has 1 aromatic heterocycles. The van der Waals surface area contributed by atoms with Crippen LogP contribution in [0.25, 0.3) is 22.0 Å². The number of nitrogens with one attached hydrogen (secondary N) is 2. The quantitative estimate of drug-likeness (QED) is 0.317. The zero-order chi connectivity index (χ0) is 20.4. The average molecular weight is 425 g/mol. The molecule has 0 spiro atoms. The van der Waals surface area contributed by atoms with Gasteiger partial charge in [-0.1, -0.05) is 53.5 Å². The van der Waals surface area contributed by atoms with Crippen molar-refractivity contribution < 1.29 is 9.90 Å². The van der Waals surface area contributed by atoms with E-state index in [9.17, 15) is 9.90 Å². The summed E-state index contributed by atoms with van der Waals surface area (Å²) in [6.07, 6.45) is 1.41. The molecule has 0 bridgehead atoms. The van der Waals surface area contributed by atoms with Crippen LogP contribution in [0.1, 0.15) is 16.1 Å². The molecular weight excluding hydrogens is 411 g/mol. The number of aromatic amines is 1. The van der Waals surface area contributed by atoms with Gasteiger partial charge < -0.3 is 5.11 Å². The zero-order valence-electron chi connectivity index (χ0n) is 14.9. The number of hydrazone groups is 1. The molecule has 6 nitrogen and oxygen atoms in total. The number of benzene rings is 3. The lowest BCUT2D eigenvalue weighted by Gasteiger charge is -2.04. The van der Waals surface area contributed by atoms with Gasteiger partial charge in [0, 0.05) is 21.2 Å². The molecule has 144 valence electrons. The third-order valence-electron chi connectivity index (χ3n) is 4.29. The first-order chi connectivity index (χ1) is 14.0. The molecule has 0 atom stereocenters.